The molecule has 0 bridgehead atoms. The molecule has 2 aromatic rings. The highest BCUT2D eigenvalue weighted by Crippen LogP contribution is 2.29. The van der Waals surface area contributed by atoms with Crippen LogP contribution in [0.3, 0.4) is 0 Å². The molecule has 0 aliphatic rings. The fourth-order valence-corrected chi connectivity index (χ4v) is 2.46. The maximum atomic E-state index is 12.3. The number of carbonyl (C=O) groups excluding carboxylic acids is 3. The fourth-order valence-electron chi connectivity index (χ4n) is 2.06. The second kappa shape index (κ2) is 8.59. The largest absolute Gasteiger partial charge is 0.336 e. The van der Waals surface area contributed by atoms with E-state index in [-0.39, 0.29) is 16.8 Å². The van der Waals surface area contributed by atoms with E-state index in [0.29, 0.717) is 22.7 Å². The van der Waals surface area contributed by atoms with E-state index in [1.807, 2.05) is 0 Å². The maximum absolute atomic E-state index is 12.3. The van der Waals surface area contributed by atoms with E-state index < -0.39 is 6.03 Å². The molecule has 0 fully saturated rings. The predicted octanol–water partition coefficient (Wildman–Crippen LogP) is 4.14. The molecule has 0 atom stereocenters. The Bertz CT molecular complexity index is 842. The summed E-state index contributed by atoms with van der Waals surface area (Å²) in [6.45, 7) is 2.79. The third-order valence-corrected chi connectivity index (χ3v) is 3.88. The average molecular weight is 393 g/mol. The van der Waals surface area contributed by atoms with E-state index in [1.54, 1.807) is 36.4 Å². The molecule has 0 saturated heterocycles. The molecule has 2 aromatic carbocycles. The molecule has 3 N–H and O–H groups in total. The molecule has 9 heteroatoms. The molecule has 0 radical (unpaired) electrons. The molecule has 0 aromatic heterocycles. The smallest absolute Gasteiger partial charge is 0.326 e. The summed E-state index contributed by atoms with van der Waals surface area (Å²) in [6, 6.07) is 10.8. The van der Waals surface area contributed by atoms with Gasteiger partial charge in [0.2, 0.25) is 11.8 Å². The minimum atomic E-state index is -0.496. The topological polar surface area (TPSA) is 90.5 Å². The van der Waals surface area contributed by atoms with Gasteiger partial charge in [-0.2, -0.15) is 0 Å². The fraction of sp³-hybridized carbons (Fsp3) is 0.118. The zero-order chi connectivity index (χ0) is 19.3. The zero-order valence-corrected chi connectivity index (χ0v) is 15.7. The number of hydrogen-bond acceptors (Lipinski definition) is 4. The van der Waals surface area contributed by atoms with Crippen LogP contribution in [0.1, 0.15) is 13.8 Å². The first-order valence-corrected chi connectivity index (χ1v) is 8.29. The summed E-state index contributed by atoms with van der Waals surface area (Å²) in [5.41, 5.74) is 2.03. The van der Waals surface area contributed by atoms with Gasteiger partial charge in [-0.3, -0.25) is 9.59 Å². The van der Waals surface area contributed by atoms with Crippen LogP contribution in [0.25, 0.3) is 0 Å². The molecular weight excluding hydrogens is 376 g/mol. The third kappa shape index (κ3) is 5.40. The summed E-state index contributed by atoms with van der Waals surface area (Å²) in [6.07, 6.45) is 0. The number of hydrogen-bond donors (Lipinski definition) is 4. The molecular formula is C17H17ClN4O3S. The zero-order valence-electron chi connectivity index (χ0n) is 14.0. The summed E-state index contributed by atoms with van der Waals surface area (Å²) >= 11 is 10.3. The van der Waals surface area contributed by atoms with E-state index in [4.69, 9.17) is 11.6 Å². The second-order valence-electron chi connectivity index (χ2n) is 5.35. The van der Waals surface area contributed by atoms with Gasteiger partial charge in [0.1, 0.15) is 0 Å². The average Bonchev–Trinajstić information content (AvgIpc) is 2.57. The van der Waals surface area contributed by atoms with Gasteiger partial charge in [-0.15, -0.1) is 0 Å². The van der Waals surface area contributed by atoms with E-state index in [9.17, 15) is 14.4 Å². The van der Waals surface area contributed by atoms with Crippen LogP contribution in [0, 0.1) is 0 Å². The van der Waals surface area contributed by atoms with E-state index in [1.165, 1.54) is 19.9 Å². The lowest BCUT2D eigenvalue weighted by atomic mass is 10.2. The second-order valence-corrected chi connectivity index (χ2v) is 6.15. The van der Waals surface area contributed by atoms with Gasteiger partial charge in [0, 0.05) is 25.2 Å². The Hall–Kier alpha value is -2.71. The molecule has 0 aliphatic heterocycles. The van der Waals surface area contributed by atoms with Crippen LogP contribution in [0.4, 0.5) is 27.5 Å². The van der Waals surface area contributed by atoms with Crippen molar-refractivity contribution in [1.29, 1.82) is 0 Å². The Morgan fingerprint density at radius 1 is 0.885 bits per heavy atom. The van der Waals surface area contributed by atoms with Crippen LogP contribution in [-0.4, -0.2) is 17.8 Å². The van der Waals surface area contributed by atoms with Crippen molar-refractivity contribution in [2.75, 3.05) is 20.3 Å². The van der Waals surface area contributed by atoms with Crippen molar-refractivity contribution in [1.82, 2.24) is 0 Å². The highest BCUT2D eigenvalue weighted by molar-refractivity contribution is 7.82. The minimum Gasteiger partial charge on any atom is -0.326 e. The molecule has 0 heterocycles. The number of anilines is 4. The molecule has 0 spiro atoms. The summed E-state index contributed by atoms with van der Waals surface area (Å²) in [7, 11) is 0. The number of rotatable bonds is 4. The lowest BCUT2D eigenvalue weighted by Gasteiger charge is -2.18. The van der Waals surface area contributed by atoms with Crippen molar-refractivity contribution in [3.8, 4) is 0 Å². The van der Waals surface area contributed by atoms with Crippen molar-refractivity contribution in [2.24, 2.45) is 0 Å². The first-order chi connectivity index (χ1) is 12.3. The number of carbonyl (C=O) groups is 3. The standard InChI is InChI=1S/C17H17ClN4O3S/c1-10(23)19-12-3-5-13(6-4-12)21-17(25)22(26)14-7-8-16(15(18)9-14)20-11(2)24/h3-9,26H,1-2H3,(H,19,23)(H,20,24)(H,21,25). The minimum absolute atomic E-state index is 0.178. The summed E-state index contributed by atoms with van der Waals surface area (Å²) in [4.78, 5) is 34.4. The van der Waals surface area contributed by atoms with Gasteiger partial charge in [0.15, 0.2) is 0 Å². The van der Waals surface area contributed by atoms with Crippen molar-refractivity contribution in [3.63, 3.8) is 0 Å². The highest BCUT2D eigenvalue weighted by atomic mass is 35.5. The van der Waals surface area contributed by atoms with Crippen LogP contribution in [0.2, 0.25) is 5.02 Å². The highest BCUT2D eigenvalue weighted by Gasteiger charge is 2.14. The van der Waals surface area contributed by atoms with Crippen LogP contribution in [0.15, 0.2) is 42.5 Å². The molecule has 0 saturated carbocycles. The third-order valence-electron chi connectivity index (χ3n) is 3.16. The number of nitrogens with zero attached hydrogens (tertiary/aromatic N) is 1. The Morgan fingerprint density at radius 2 is 1.42 bits per heavy atom. The summed E-state index contributed by atoms with van der Waals surface area (Å²) in [5.74, 6) is -0.425. The molecule has 2 rings (SSSR count). The quantitative estimate of drug-likeness (QED) is 0.589. The van der Waals surface area contributed by atoms with E-state index in [0.717, 1.165) is 4.31 Å². The van der Waals surface area contributed by atoms with Crippen LogP contribution >= 0.6 is 24.4 Å². The van der Waals surface area contributed by atoms with Crippen molar-refractivity contribution in [2.45, 2.75) is 13.8 Å². The van der Waals surface area contributed by atoms with Gasteiger partial charge in [-0.25, -0.2) is 9.10 Å². The Kier molecular flexibility index (Phi) is 6.48. The van der Waals surface area contributed by atoms with Crippen LogP contribution < -0.4 is 20.3 Å². The SMILES string of the molecule is CC(=O)Nc1ccc(NC(=O)N(S)c2ccc(NC(C)=O)c(Cl)c2)cc1. The molecule has 136 valence electrons. The molecule has 7 nitrogen and oxygen atoms in total. The lowest BCUT2D eigenvalue weighted by molar-refractivity contribution is -0.115. The van der Waals surface area contributed by atoms with Gasteiger partial charge in [0.05, 0.1) is 16.4 Å². The summed E-state index contributed by atoms with van der Waals surface area (Å²) < 4.78 is 1.09. The molecule has 0 aliphatic carbocycles. The monoisotopic (exact) mass is 392 g/mol. The van der Waals surface area contributed by atoms with E-state index in [2.05, 4.69) is 28.8 Å². The number of amides is 4. The number of nitrogens with one attached hydrogen (secondary N) is 3. The van der Waals surface area contributed by atoms with Crippen LogP contribution in [0.5, 0.6) is 0 Å². The van der Waals surface area contributed by atoms with Gasteiger partial charge in [0.25, 0.3) is 0 Å². The number of benzene rings is 2. The molecule has 0 unspecified atom stereocenters. The normalized spacial score (nSPS) is 10.0. The number of thiol groups is 1. The van der Waals surface area contributed by atoms with Gasteiger partial charge in [-0.1, -0.05) is 24.4 Å². The van der Waals surface area contributed by atoms with Gasteiger partial charge >= 0.3 is 6.03 Å². The first kappa shape index (κ1) is 19.6. The Morgan fingerprint density at radius 3 is 1.92 bits per heavy atom. The molecule has 4 amide bonds. The summed E-state index contributed by atoms with van der Waals surface area (Å²) in [5, 5.41) is 8.17. The maximum Gasteiger partial charge on any atom is 0.336 e. The Balaban J connectivity index is 2.06. The van der Waals surface area contributed by atoms with Crippen LogP contribution in [-0.2, 0) is 9.59 Å². The Labute approximate surface area is 161 Å². The lowest BCUT2D eigenvalue weighted by Crippen LogP contribution is -2.26. The van der Waals surface area contributed by atoms with Gasteiger partial charge in [-0.05, 0) is 42.5 Å². The first-order valence-electron chi connectivity index (χ1n) is 7.51. The van der Waals surface area contributed by atoms with Crippen molar-refractivity contribution < 1.29 is 14.4 Å². The molecule has 26 heavy (non-hydrogen) atoms. The number of urea groups is 1. The van der Waals surface area contributed by atoms with Gasteiger partial charge < -0.3 is 16.0 Å². The predicted molar refractivity (Wildman–Crippen MR) is 107 cm³/mol. The van der Waals surface area contributed by atoms with Crippen molar-refractivity contribution >= 4 is 65.0 Å². The van der Waals surface area contributed by atoms with Crippen molar-refractivity contribution in [3.05, 3.63) is 47.5 Å². The number of halogens is 1. The van der Waals surface area contributed by atoms with E-state index >= 15 is 0 Å².